The summed E-state index contributed by atoms with van der Waals surface area (Å²) >= 11 is 2.08. The Kier molecular flexibility index (Phi) is 9.23. The molecule has 1 N–H and O–H groups in total. The third kappa shape index (κ3) is 5.93. The third-order valence-corrected chi connectivity index (χ3v) is 9.96. The van der Waals surface area contributed by atoms with Gasteiger partial charge in [-0.3, -0.25) is 24.7 Å². The Morgan fingerprint density at radius 1 is 1.17 bits per heavy atom. The number of halogens is 1. The van der Waals surface area contributed by atoms with Crippen LogP contribution in [-0.4, -0.2) is 46.6 Å². The van der Waals surface area contributed by atoms with Crippen molar-refractivity contribution >= 4 is 57.4 Å². The Labute approximate surface area is 280 Å². The van der Waals surface area contributed by atoms with Crippen molar-refractivity contribution in [2.24, 2.45) is 17.8 Å². The van der Waals surface area contributed by atoms with E-state index in [2.05, 4.69) is 34.5 Å². The van der Waals surface area contributed by atoms with E-state index in [-0.39, 0.29) is 41.0 Å². The van der Waals surface area contributed by atoms with Gasteiger partial charge in [0.1, 0.15) is 0 Å². The highest BCUT2D eigenvalue weighted by Gasteiger charge is 2.57. The van der Waals surface area contributed by atoms with E-state index in [0.717, 1.165) is 40.1 Å². The van der Waals surface area contributed by atoms with Gasteiger partial charge in [-0.2, -0.15) is 0 Å². The second kappa shape index (κ2) is 13.3. The van der Waals surface area contributed by atoms with E-state index in [0.29, 0.717) is 35.2 Å². The number of non-ortho nitro benzene ring substituents is 1. The monoisotopic (exact) mass is 735 g/mol. The first-order valence-electron chi connectivity index (χ1n) is 15.4. The van der Waals surface area contributed by atoms with Crippen molar-refractivity contribution < 1.29 is 29.1 Å². The fourth-order valence-electron chi connectivity index (χ4n) is 7.16. The average molecular weight is 736 g/mol. The number of nitrogens with zero attached hydrogens (tertiary/aromatic N) is 3. The molecule has 0 unspecified atom stereocenters. The highest BCUT2D eigenvalue weighted by atomic mass is 127. The number of pyridine rings is 1. The molecule has 0 spiro atoms. The lowest BCUT2D eigenvalue weighted by atomic mass is 9.68. The van der Waals surface area contributed by atoms with Gasteiger partial charge in [0.2, 0.25) is 11.8 Å². The molecular formula is C35H34IN3O7. The van der Waals surface area contributed by atoms with Crippen LogP contribution < -0.4 is 9.64 Å². The van der Waals surface area contributed by atoms with Crippen molar-refractivity contribution in [2.45, 2.75) is 45.1 Å². The molecule has 1 aliphatic carbocycles. The summed E-state index contributed by atoms with van der Waals surface area (Å²) in [7, 11) is 1.52. The lowest BCUT2D eigenvalue weighted by Gasteiger charge is -2.32. The molecule has 3 heterocycles. The molecule has 0 bridgehead atoms. The van der Waals surface area contributed by atoms with Gasteiger partial charge in [-0.1, -0.05) is 31.1 Å². The molecule has 2 aliphatic heterocycles. The molecule has 11 heteroatoms. The minimum absolute atomic E-state index is 0.0972. The van der Waals surface area contributed by atoms with Crippen LogP contribution in [0.25, 0.3) is 11.6 Å². The smallest absolute Gasteiger partial charge is 0.271 e. The number of benzene rings is 2. The minimum Gasteiger partial charge on any atom is -0.504 e. The number of imide groups is 1. The number of phenolic OH excluding ortho intramolecular Hbond substituents is 1. The molecule has 0 radical (unpaired) electrons. The number of methoxy groups -OCH3 is 1. The Morgan fingerprint density at radius 3 is 2.72 bits per heavy atom. The van der Waals surface area contributed by atoms with Crippen LogP contribution in [0, 0.1) is 31.4 Å². The molecule has 2 saturated heterocycles. The number of nitro benzene ring substituents is 1. The number of aromatic hydroxyl groups is 1. The van der Waals surface area contributed by atoms with Crippen LogP contribution in [0.15, 0.2) is 71.9 Å². The van der Waals surface area contributed by atoms with E-state index in [9.17, 15) is 24.8 Å². The Balaban J connectivity index is 1.29. The number of fused-ring (bicyclic) bond motifs is 3. The molecular weight excluding hydrogens is 701 g/mol. The lowest BCUT2D eigenvalue weighted by molar-refractivity contribution is -0.384. The van der Waals surface area contributed by atoms with Crippen LogP contribution in [0.3, 0.4) is 0 Å². The maximum atomic E-state index is 13.9. The Bertz CT molecular complexity index is 1760. The second-order valence-electron chi connectivity index (χ2n) is 11.8. The van der Waals surface area contributed by atoms with Gasteiger partial charge in [-0.25, -0.2) is 4.90 Å². The number of nitro groups is 1. The normalized spacial score (nSPS) is 22.7. The summed E-state index contributed by atoms with van der Waals surface area (Å²) in [4.78, 5) is 44.3. The van der Waals surface area contributed by atoms with Gasteiger partial charge in [0, 0.05) is 24.2 Å². The summed E-state index contributed by atoms with van der Waals surface area (Å²) in [6, 6.07) is 15.2. The first-order valence-corrected chi connectivity index (χ1v) is 16.4. The fourth-order valence-corrected chi connectivity index (χ4v) is 7.78. The van der Waals surface area contributed by atoms with Crippen molar-refractivity contribution in [1.82, 2.24) is 4.98 Å². The van der Waals surface area contributed by atoms with Crippen LogP contribution in [0.5, 0.6) is 11.5 Å². The van der Waals surface area contributed by atoms with Crippen molar-refractivity contribution in [2.75, 3.05) is 18.6 Å². The molecule has 238 valence electrons. The molecule has 2 fully saturated rings. The van der Waals surface area contributed by atoms with E-state index in [4.69, 9.17) is 9.47 Å². The predicted molar refractivity (Wildman–Crippen MR) is 181 cm³/mol. The summed E-state index contributed by atoms with van der Waals surface area (Å²) in [5.74, 6) is -1.43. The fraction of sp³-hybridized carbons (Fsp3) is 0.343. The van der Waals surface area contributed by atoms with Gasteiger partial charge in [0.05, 0.1) is 51.5 Å². The first kappa shape index (κ1) is 31.9. The van der Waals surface area contributed by atoms with Gasteiger partial charge < -0.3 is 14.6 Å². The summed E-state index contributed by atoms with van der Waals surface area (Å²) in [6.45, 7) is 2.44. The number of hydrogen-bond donors (Lipinski definition) is 1. The number of carbonyl (C=O) groups excluding carboxylic acids is 2. The summed E-state index contributed by atoms with van der Waals surface area (Å²) < 4.78 is 12.5. The number of aromatic nitrogens is 1. The SMILES string of the molecule is CCCC1=C2[C@@H](CC/C(=C/c3cc(I)c(O)c(OC)c3)c3ccccn3)OC[C@@H]2[C@@H]2C(=O)N(c3cccc([N+](=O)[O-])c3)C(=O)[C@@H]2C1. The summed E-state index contributed by atoms with van der Waals surface area (Å²) in [5, 5.41) is 21.8. The van der Waals surface area contributed by atoms with E-state index >= 15 is 0 Å². The summed E-state index contributed by atoms with van der Waals surface area (Å²) in [6.07, 6.45) is 7.06. The zero-order chi connectivity index (χ0) is 32.5. The van der Waals surface area contributed by atoms with Gasteiger partial charge >= 0.3 is 0 Å². The minimum atomic E-state index is -0.565. The Hall–Kier alpha value is -4.10. The zero-order valence-electron chi connectivity index (χ0n) is 25.5. The highest BCUT2D eigenvalue weighted by Crippen LogP contribution is 2.51. The molecule has 6 rings (SSSR count). The number of hydrogen-bond acceptors (Lipinski definition) is 8. The van der Waals surface area contributed by atoms with Gasteiger partial charge in [-0.05, 0) is 101 Å². The van der Waals surface area contributed by atoms with Crippen molar-refractivity contribution in [3.8, 4) is 11.5 Å². The molecule has 2 amide bonds. The predicted octanol–water partition coefficient (Wildman–Crippen LogP) is 6.95. The number of anilines is 1. The van der Waals surface area contributed by atoms with E-state index < -0.39 is 16.8 Å². The van der Waals surface area contributed by atoms with Crippen LogP contribution in [0.2, 0.25) is 0 Å². The number of allylic oxidation sites excluding steroid dienone is 2. The highest BCUT2D eigenvalue weighted by molar-refractivity contribution is 14.1. The maximum absolute atomic E-state index is 13.9. The van der Waals surface area contributed by atoms with Gasteiger partial charge in [-0.15, -0.1) is 0 Å². The number of carbonyl (C=O) groups is 2. The number of ether oxygens (including phenoxy) is 2. The molecule has 2 aromatic carbocycles. The maximum Gasteiger partial charge on any atom is 0.271 e. The zero-order valence-corrected chi connectivity index (χ0v) is 27.7. The molecule has 1 aromatic heterocycles. The molecule has 0 saturated carbocycles. The second-order valence-corrected chi connectivity index (χ2v) is 13.0. The van der Waals surface area contributed by atoms with Gasteiger partial charge in [0.25, 0.3) is 5.69 Å². The Morgan fingerprint density at radius 2 is 2.00 bits per heavy atom. The van der Waals surface area contributed by atoms with E-state index in [1.54, 1.807) is 18.3 Å². The molecule has 10 nitrogen and oxygen atoms in total. The van der Waals surface area contributed by atoms with Gasteiger partial charge in [0.15, 0.2) is 11.5 Å². The standard InChI is InChI=1S/C35H34IN3O7/c1-3-7-22-17-25-32(35(42)38(34(25)41)23-8-6-9-24(18-23)39(43)44)26-19-46-29(31(22)26)12-11-21(28-10-4-5-13-37-28)14-20-15-27(36)33(40)30(16-20)45-2/h4-6,8-10,13-16,18,25-26,29,32,40H,3,7,11-12,17,19H2,1-2H3/b21-14-/t25-,26+,29-,32-/m1/s1. The third-order valence-electron chi connectivity index (χ3n) is 9.14. The molecule has 4 atom stereocenters. The molecule has 3 aliphatic rings. The van der Waals surface area contributed by atoms with Crippen LogP contribution in [0.4, 0.5) is 11.4 Å². The summed E-state index contributed by atoms with van der Waals surface area (Å²) in [5.41, 5.74) is 5.07. The first-order chi connectivity index (χ1) is 22.2. The quantitative estimate of drug-likeness (QED) is 0.0779. The van der Waals surface area contributed by atoms with Crippen molar-refractivity contribution in [1.29, 1.82) is 0 Å². The van der Waals surface area contributed by atoms with Crippen molar-refractivity contribution in [3.05, 3.63) is 96.9 Å². The van der Waals surface area contributed by atoms with Crippen LogP contribution in [0.1, 0.15) is 50.3 Å². The number of amides is 2. The molecule has 46 heavy (non-hydrogen) atoms. The lowest BCUT2D eigenvalue weighted by Crippen LogP contribution is -2.34. The largest absolute Gasteiger partial charge is 0.504 e. The van der Waals surface area contributed by atoms with E-state index in [1.807, 2.05) is 30.3 Å². The van der Waals surface area contributed by atoms with Crippen LogP contribution in [-0.2, 0) is 14.3 Å². The number of phenols is 1. The number of rotatable bonds is 10. The average Bonchev–Trinajstić information content (AvgIpc) is 3.59. The van der Waals surface area contributed by atoms with E-state index in [1.165, 1.54) is 30.9 Å². The van der Waals surface area contributed by atoms with Crippen molar-refractivity contribution in [3.63, 3.8) is 0 Å². The topological polar surface area (TPSA) is 132 Å². The van der Waals surface area contributed by atoms with Crippen LogP contribution >= 0.6 is 22.6 Å². The molecule has 3 aromatic rings.